The maximum absolute atomic E-state index is 11.8. The Labute approximate surface area is 121 Å². The van der Waals surface area contributed by atoms with E-state index in [9.17, 15) is 4.79 Å². The zero-order valence-electron chi connectivity index (χ0n) is 11.2. The van der Waals surface area contributed by atoms with E-state index in [4.69, 9.17) is 4.74 Å². The van der Waals surface area contributed by atoms with Gasteiger partial charge in [0.2, 0.25) is 0 Å². The molecule has 5 nitrogen and oxygen atoms in total. The molecule has 104 valence electrons. The van der Waals surface area contributed by atoms with Crippen LogP contribution in [0.15, 0.2) is 67.1 Å². The first-order valence-corrected chi connectivity index (χ1v) is 6.50. The van der Waals surface area contributed by atoms with Crippen molar-refractivity contribution < 1.29 is 9.53 Å². The van der Waals surface area contributed by atoms with Crippen LogP contribution in [0.3, 0.4) is 0 Å². The summed E-state index contributed by atoms with van der Waals surface area (Å²) in [4.78, 5) is 15.7. The number of carbonyl (C=O) groups excluding carboxylic acids is 1. The van der Waals surface area contributed by atoms with Crippen molar-refractivity contribution in [2.45, 2.75) is 6.61 Å². The molecule has 0 saturated heterocycles. The second-order valence-electron chi connectivity index (χ2n) is 4.41. The second-order valence-corrected chi connectivity index (χ2v) is 4.41. The molecule has 0 unspecified atom stereocenters. The van der Waals surface area contributed by atoms with Crippen molar-refractivity contribution in [1.82, 2.24) is 14.8 Å². The van der Waals surface area contributed by atoms with Crippen LogP contribution in [0.2, 0.25) is 0 Å². The Kier molecular flexibility index (Phi) is 3.73. The van der Waals surface area contributed by atoms with Crippen LogP contribution in [0.4, 0.5) is 0 Å². The van der Waals surface area contributed by atoms with E-state index < -0.39 is 5.97 Å². The summed E-state index contributed by atoms with van der Waals surface area (Å²) in [5.74, 6) is -0.424. The molecular formula is C16H13N3O2. The highest BCUT2D eigenvalue weighted by Crippen LogP contribution is 2.10. The van der Waals surface area contributed by atoms with Crippen LogP contribution in [0.5, 0.6) is 0 Å². The maximum Gasteiger partial charge on any atom is 0.357 e. The fraction of sp³-hybridized carbons (Fsp3) is 0.0625. The first-order chi connectivity index (χ1) is 10.3. The lowest BCUT2D eigenvalue weighted by molar-refractivity contribution is 0.0466. The summed E-state index contributed by atoms with van der Waals surface area (Å²) >= 11 is 0. The average molecular weight is 279 g/mol. The highest BCUT2D eigenvalue weighted by atomic mass is 16.5. The Balaban J connectivity index is 1.62. The van der Waals surface area contributed by atoms with Crippen LogP contribution in [0.25, 0.3) is 5.69 Å². The molecule has 0 amide bonds. The largest absolute Gasteiger partial charge is 0.456 e. The molecule has 3 rings (SSSR count). The number of benzene rings is 1. The summed E-state index contributed by atoms with van der Waals surface area (Å²) in [6, 6.07) is 14.7. The molecule has 2 aromatic heterocycles. The molecule has 0 aliphatic carbocycles. The van der Waals surface area contributed by atoms with Crippen LogP contribution < -0.4 is 0 Å². The van der Waals surface area contributed by atoms with E-state index in [0.29, 0.717) is 5.69 Å². The van der Waals surface area contributed by atoms with Crippen LogP contribution >= 0.6 is 0 Å². The van der Waals surface area contributed by atoms with Crippen molar-refractivity contribution in [3.8, 4) is 5.69 Å². The number of carbonyl (C=O) groups is 1. The highest BCUT2D eigenvalue weighted by molar-refractivity contribution is 5.87. The molecular weight excluding hydrogens is 266 g/mol. The number of ether oxygens (including phenoxy) is 1. The quantitative estimate of drug-likeness (QED) is 0.689. The molecule has 0 bridgehead atoms. The van der Waals surface area contributed by atoms with Gasteiger partial charge >= 0.3 is 5.97 Å². The zero-order chi connectivity index (χ0) is 14.5. The van der Waals surface area contributed by atoms with Gasteiger partial charge in [-0.1, -0.05) is 18.2 Å². The smallest absolute Gasteiger partial charge is 0.357 e. The van der Waals surface area contributed by atoms with Gasteiger partial charge in [-0.2, -0.15) is 5.10 Å². The summed E-state index contributed by atoms with van der Waals surface area (Å²) < 4.78 is 6.99. The van der Waals surface area contributed by atoms with Crippen molar-refractivity contribution in [2.75, 3.05) is 0 Å². The topological polar surface area (TPSA) is 57.0 Å². The number of nitrogens with zero attached hydrogens (tertiary/aromatic N) is 3. The van der Waals surface area contributed by atoms with Crippen LogP contribution in [-0.4, -0.2) is 20.7 Å². The van der Waals surface area contributed by atoms with Crippen molar-refractivity contribution in [2.24, 2.45) is 0 Å². The minimum absolute atomic E-state index is 0.217. The van der Waals surface area contributed by atoms with Crippen LogP contribution in [-0.2, 0) is 11.3 Å². The molecule has 2 heterocycles. The third-order valence-corrected chi connectivity index (χ3v) is 2.95. The van der Waals surface area contributed by atoms with E-state index >= 15 is 0 Å². The molecule has 0 N–H and O–H groups in total. The van der Waals surface area contributed by atoms with Crippen LogP contribution in [0, 0.1) is 0 Å². The van der Waals surface area contributed by atoms with Crippen molar-refractivity contribution >= 4 is 5.97 Å². The van der Waals surface area contributed by atoms with E-state index in [0.717, 1.165) is 11.3 Å². The number of hydrogen-bond acceptors (Lipinski definition) is 4. The number of rotatable bonds is 4. The van der Waals surface area contributed by atoms with Gasteiger partial charge in [-0.3, -0.25) is 0 Å². The highest BCUT2D eigenvalue weighted by Gasteiger charge is 2.07. The molecule has 0 fully saturated rings. The third-order valence-electron chi connectivity index (χ3n) is 2.95. The average Bonchev–Trinajstić information content (AvgIpc) is 3.08. The summed E-state index contributed by atoms with van der Waals surface area (Å²) in [6.07, 6.45) is 5.16. The maximum atomic E-state index is 11.8. The van der Waals surface area contributed by atoms with Gasteiger partial charge in [0.05, 0.1) is 5.69 Å². The predicted octanol–water partition coefficient (Wildman–Crippen LogP) is 2.62. The van der Waals surface area contributed by atoms with Crippen molar-refractivity contribution in [3.05, 3.63) is 78.4 Å². The number of aromatic nitrogens is 3. The zero-order valence-corrected chi connectivity index (χ0v) is 11.2. The lowest BCUT2D eigenvalue weighted by Crippen LogP contribution is -2.07. The van der Waals surface area contributed by atoms with Gasteiger partial charge in [0.1, 0.15) is 12.3 Å². The SMILES string of the molecule is O=C(OCc1ccc(-n2cccn2)cc1)c1ccccn1. The first kappa shape index (κ1) is 13.1. The van der Waals surface area contributed by atoms with Gasteiger partial charge in [-0.05, 0) is 35.9 Å². The minimum atomic E-state index is -0.424. The summed E-state index contributed by atoms with van der Waals surface area (Å²) in [6.45, 7) is 0.217. The lowest BCUT2D eigenvalue weighted by Gasteiger charge is -2.06. The lowest BCUT2D eigenvalue weighted by atomic mass is 10.2. The fourth-order valence-electron chi connectivity index (χ4n) is 1.87. The van der Waals surface area contributed by atoms with Crippen molar-refractivity contribution in [3.63, 3.8) is 0 Å². The van der Waals surface area contributed by atoms with Crippen LogP contribution in [0.1, 0.15) is 16.1 Å². The van der Waals surface area contributed by atoms with E-state index in [1.807, 2.05) is 36.5 Å². The summed E-state index contributed by atoms with van der Waals surface area (Å²) in [5, 5.41) is 4.15. The van der Waals surface area contributed by atoms with Gasteiger partial charge in [0.15, 0.2) is 0 Å². The molecule has 0 spiro atoms. The minimum Gasteiger partial charge on any atom is -0.456 e. The third kappa shape index (κ3) is 3.14. The van der Waals surface area contributed by atoms with E-state index in [-0.39, 0.29) is 6.61 Å². The molecule has 0 radical (unpaired) electrons. The molecule has 0 aliphatic rings. The van der Waals surface area contributed by atoms with Gasteiger partial charge in [-0.25, -0.2) is 14.5 Å². The molecule has 21 heavy (non-hydrogen) atoms. The van der Waals surface area contributed by atoms with Gasteiger partial charge in [-0.15, -0.1) is 0 Å². The van der Waals surface area contributed by atoms with Gasteiger partial charge in [0.25, 0.3) is 0 Å². The molecule has 3 aromatic rings. The first-order valence-electron chi connectivity index (χ1n) is 6.50. The van der Waals surface area contributed by atoms with Gasteiger partial charge < -0.3 is 4.74 Å². The molecule has 0 aliphatic heterocycles. The molecule has 5 heteroatoms. The Morgan fingerprint density at radius 2 is 1.90 bits per heavy atom. The van der Waals surface area contributed by atoms with E-state index in [1.165, 1.54) is 0 Å². The monoisotopic (exact) mass is 279 g/mol. The number of esters is 1. The van der Waals surface area contributed by atoms with Crippen molar-refractivity contribution in [1.29, 1.82) is 0 Å². The Morgan fingerprint density at radius 3 is 2.57 bits per heavy atom. The molecule has 0 atom stereocenters. The fourth-order valence-corrected chi connectivity index (χ4v) is 1.87. The summed E-state index contributed by atoms with van der Waals surface area (Å²) in [5.41, 5.74) is 2.18. The molecule has 1 aromatic carbocycles. The van der Waals surface area contributed by atoms with Gasteiger partial charge in [0, 0.05) is 18.6 Å². The number of hydrogen-bond donors (Lipinski definition) is 0. The standard InChI is InChI=1S/C16H13N3O2/c20-16(15-4-1-2-9-17-15)21-12-13-5-7-14(8-6-13)19-11-3-10-18-19/h1-11H,12H2. The van der Waals surface area contributed by atoms with E-state index in [2.05, 4.69) is 10.1 Å². The van der Waals surface area contributed by atoms with E-state index in [1.54, 1.807) is 35.3 Å². The summed E-state index contributed by atoms with van der Waals surface area (Å²) in [7, 11) is 0. The Bertz CT molecular complexity index is 707. The Hall–Kier alpha value is -2.95. The molecule has 0 saturated carbocycles. The second kappa shape index (κ2) is 6.00. The number of pyridine rings is 1. The normalized spacial score (nSPS) is 10.3. The predicted molar refractivity (Wildman–Crippen MR) is 76.9 cm³/mol. The Morgan fingerprint density at radius 1 is 1.05 bits per heavy atom.